The number of methoxy groups -OCH3 is 2. The van der Waals surface area contributed by atoms with E-state index in [1.165, 1.54) is 14.2 Å². The highest BCUT2D eigenvalue weighted by Gasteiger charge is 2.47. The van der Waals surface area contributed by atoms with E-state index < -0.39 is 32.3 Å². The summed E-state index contributed by atoms with van der Waals surface area (Å²) in [6, 6.07) is 13.1. The van der Waals surface area contributed by atoms with Gasteiger partial charge in [0.2, 0.25) is 11.8 Å². The topological polar surface area (TPSA) is 184 Å². The van der Waals surface area contributed by atoms with E-state index in [2.05, 4.69) is 45.5 Å². The molecule has 0 radical (unpaired) electrons. The molecule has 2 aromatic heterocycles. The third kappa shape index (κ3) is 9.31. The van der Waals surface area contributed by atoms with E-state index >= 15 is 0 Å². The normalized spacial score (nSPS) is 20.2. The lowest BCUT2D eigenvalue weighted by atomic mass is 9.90. The summed E-state index contributed by atoms with van der Waals surface area (Å²) in [6.07, 6.45) is 4.12. The van der Waals surface area contributed by atoms with Crippen molar-refractivity contribution in [3.63, 3.8) is 0 Å². The molecule has 4 atom stereocenters. The first-order chi connectivity index (χ1) is 28.3. The van der Waals surface area contributed by atoms with Gasteiger partial charge in [-0.25, -0.2) is 19.6 Å². The first-order valence-electron chi connectivity index (χ1n) is 20.4. The fourth-order valence-corrected chi connectivity index (χ4v) is 11.4. The van der Waals surface area contributed by atoms with Crippen LogP contribution in [0.1, 0.15) is 74.5 Å². The van der Waals surface area contributed by atoms with Crippen LogP contribution in [0.15, 0.2) is 48.7 Å². The Hall–Kier alpha value is -5.66. The molecule has 7 rings (SSSR count). The van der Waals surface area contributed by atoms with E-state index in [4.69, 9.17) is 24.2 Å². The number of likely N-dealkylation sites (tertiary alicyclic amines) is 1. The average molecular weight is 823 g/mol. The minimum absolute atomic E-state index is 0.0404. The van der Waals surface area contributed by atoms with Gasteiger partial charge in [0, 0.05) is 31.5 Å². The van der Waals surface area contributed by atoms with Gasteiger partial charge in [0.25, 0.3) is 0 Å². The number of carbonyl (C=O) groups excluding carboxylic acids is 4. The number of amides is 4. The number of aromatic nitrogens is 4. The zero-order valence-electron chi connectivity index (χ0n) is 34.6. The van der Waals surface area contributed by atoms with Crippen molar-refractivity contribution >= 4 is 43.1 Å². The van der Waals surface area contributed by atoms with Gasteiger partial charge >= 0.3 is 12.2 Å². The Balaban J connectivity index is 1.03. The molecule has 2 aromatic carbocycles. The van der Waals surface area contributed by atoms with E-state index in [0.29, 0.717) is 50.3 Å². The second-order valence-corrected chi connectivity index (χ2v) is 21.9. The third-order valence-corrected chi connectivity index (χ3v) is 14.4. The largest absolute Gasteiger partial charge is 0.453 e. The average Bonchev–Trinajstić information content (AvgIpc) is 4.06. The first-order valence-corrected chi connectivity index (χ1v) is 23.8. The number of H-pyrrole nitrogens is 2. The molecule has 59 heavy (non-hydrogen) atoms. The van der Waals surface area contributed by atoms with Gasteiger partial charge in [-0.2, -0.15) is 0 Å². The molecule has 4 amide bonds. The monoisotopic (exact) mass is 822 g/mol. The fourth-order valence-electron chi connectivity index (χ4n) is 8.55. The standard InChI is InChI=1S/C43H54N8O7Si/c1-26(2)36(48-42(54)56-3)40(52)50-19-7-8-34(50)39-46-32-16-14-30(22-33(32)47-39)28-12-9-27(10-13-28)11-15-31-23-44-38(45-31)35-24-59(5,6)25-51(35)41(53)37(49-43(55)57-4)29-17-20-58-21-18-29/h9-10,12-14,16,22-23,26,29,34-37H,7-8,17-21,24-25H2,1-6H3,(H,44,45)(H,46,47)(H,48,54)(H,49,55)/t34-,35-,36-,37-/m0/s1. The third-order valence-electron chi connectivity index (χ3n) is 11.7. The number of nitrogens with zero attached hydrogens (tertiary/aromatic N) is 4. The van der Waals surface area contributed by atoms with E-state index in [-0.39, 0.29) is 35.7 Å². The number of nitrogens with one attached hydrogen (secondary N) is 4. The Bertz CT molecular complexity index is 2240. The molecule has 3 saturated heterocycles. The number of alkyl carbamates (subject to hydrolysis) is 2. The number of carbonyl (C=O) groups is 4. The summed E-state index contributed by atoms with van der Waals surface area (Å²) in [6.45, 7) is 10.0. The predicted octanol–water partition coefficient (Wildman–Crippen LogP) is 5.68. The Morgan fingerprint density at radius 3 is 2.29 bits per heavy atom. The quantitative estimate of drug-likeness (QED) is 0.122. The van der Waals surface area contributed by atoms with Crippen LogP contribution in [0, 0.1) is 23.7 Å². The summed E-state index contributed by atoms with van der Waals surface area (Å²) < 4.78 is 15.2. The van der Waals surface area contributed by atoms with E-state index in [0.717, 1.165) is 52.4 Å². The number of fused-ring (bicyclic) bond motifs is 1. The van der Waals surface area contributed by atoms with Crippen LogP contribution in [0.2, 0.25) is 19.1 Å². The summed E-state index contributed by atoms with van der Waals surface area (Å²) in [5.74, 6) is 7.46. The molecule has 5 heterocycles. The summed E-state index contributed by atoms with van der Waals surface area (Å²) >= 11 is 0. The highest BCUT2D eigenvalue weighted by Crippen LogP contribution is 2.38. The fraction of sp³-hybridized carbons (Fsp3) is 0.488. The van der Waals surface area contributed by atoms with Gasteiger partial charge in [0.15, 0.2) is 0 Å². The van der Waals surface area contributed by atoms with Crippen LogP contribution in [0.4, 0.5) is 9.59 Å². The van der Waals surface area contributed by atoms with Gasteiger partial charge in [-0.05, 0) is 84.9 Å². The SMILES string of the molecule is COC(=O)N[C@H](C(=O)N1CCC[C@H]1c1nc2cc(-c3ccc(C#Cc4cnc([C@@H]5C[Si](C)(C)CN5C(=O)[C@@H](NC(=O)OC)C5CCOCC5)[nH]4)cc3)ccc2[nH]1)C(C)C. The van der Waals surface area contributed by atoms with Gasteiger partial charge in [0.05, 0.1) is 51.6 Å². The maximum absolute atomic E-state index is 14.2. The molecule has 4 N–H and O–H groups in total. The molecule has 4 aromatic rings. The van der Waals surface area contributed by atoms with Crippen molar-refractivity contribution < 1.29 is 33.4 Å². The molecule has 0 unspecified atom stereocenters. The number of aromatic amines is 2. The molecule has 3 fully saturated rings. The number of benzene rings is 2. The molecule has 312 valence electrons. The Morgan fingerprint density at radius 2 is 1.58 bits per heavy atom. The Labute approximate surface area is 345 Å². The van der Waals surface area contributed by atoms with Crippen LogP contribution in [0.5, 0.6) is 0 Å². The van der Waals surface area contributed by atoms with Crippen molar-refractivity contribution in [3.05, 3.63) is 71.6 Å². The number of imidazole rings is 2. The molecule has 0 aliphatic carbocycles. The van der Waals surface area contributed by atoms with Gasteiger partial charge in [-0.3, -0.25) is 9.59 Å². The van der Waals surface area contributed by atoms with E-state index in [1.54, 1.807) is 6.20 Å². The van der Waals surface area contributed by atoms with E-state index in [1.807, 2.05) is 66.1 Å². The van der Waals surface area contributed by atoms with Crippen molar-refractivity contribution in [2.24, 2.45) is 11.8 Å². The van der Waals surface area contributed by atoms with Crippen LogP contribution in [-0.2, 0) is 23.8 Å². The van der Waals surface area contributed by atoms with Crippen molar-refractivity contribution in [3.8, 4) is 23.0 Å². The predicted molar refractivity (Wildman–Crippen MR) is 224 cm³/mol. The lowest BCUT2D eigenvalue weighted by Crippen LogP contribution is -2.53. The lowest BCUT2D eigenvalue weighted by molar-refractivity contribution is -0.136. The zero-order valence-corrected chi connectivity index (χ0v) is 35.6. The molecule has 3 aliphatic rings. The first kappa shape index (κ1) is 41.5. The van der Waals surface area contributed by atoms with Crippen molar-refractivity contribution in [1.29, 1.82) is 0 Å². The van der Waals surface area contributed by atoms with Gasteiger partial charge < -0.3 is 44.6 Å². The summed E-state index contributed by atoms with van der Waals surface area (Å²) in [7, 11) is 0.811. The Morgan fingerprint density at radius 1 is 0.864 bits per heavy atom. The highest BCUT2D eigenvalue weighted by molar-refractivity contribution is 6.78. The molecule has 16 heteroatoms. The van der Waals surface area contributed by atoms with Gasteiger partial charge in [-0.1, -0.05) is 51.1 Å². The molecule has 0 bridgehead atoms. The summed E-state index contributed by atoms with van der Waals surface area (Å²) in [5, 5.41) is 5.53. The molecular formula is C43H54N8O7Si. The molecule has 15 nitrogen and oxygen atoms in total. The minimum Gasteiger partial charge on any atom is -0.453 e. The number of rotatable bonds is 9. The molecular weight excluding hydrogens is 769 g/mol. The van der Waals surface area contributed by atoms with Crippen LogP contribution < -0.4 is 10.6 Å². The van der Waals surface area contributed by atoms with Crippen LogP contribution in [0.3, 0.4) is 0 Å². The summed E-state index contributed by atoms with van der Waals surface area (Å²) in [4.78, 5) is 72.3. The minimum atomic E-state index is -1.79. The van der Waals surface area contributed by atoms with Gasteiger partial charge in [-0.15, -0.1) is 0 Å². The molecule has 0 spiro atoms. The Kier molecular flexibility index (Phi) is 12.4. The lowest BCUT2D eigenvalue weighted by Gasteiger charge is -2.34. The van der Waals surface area contributed by atoms with Crippen LogP contribution >= 0.6 is 0 Å². The van der Waals surface area contributed by atoms with Crippen molar-refractivity contribution in [2.45, 2.75) is 82.8 Å². The van der Waals surface area contributed by atoms with Crippen molar-refractivity contribution in [1.82, 2.24) is 40.4 Å². The number of hydrogen-bond donors (Lipinski definition) is 4. The van der Waals surface area contributed by atoms with Crippen LogP contribution in [0.25, 0.3) is 22.2 Å². The van der Waals surface area contributed by atoms with Gasteiger partial charge in [0.1, 0.15) is 29.4 Å². The maximum Gasteiger partial charge on any atom is 0.407 e. The number of ether oxygens (including phenoxy) is 3. The smallest absolute Gasteiger partial charge is 0.407 e. The summed E-state index contributed by atoms with van der Waals surface area (Å²) in [5.41, 5.74) is 5.17. The van der Waals surface area contributed by atoms with Crippen LogP contribution in [-0.4, -0.2) is 114 Å². The highest BCUT2D eigenvalue weighted by atomic mass is 28.3. The zero-order chi connectivity index (χ0) is 41.8. The van der Waals surface area contributed by atoms with E-state index in [9.17, 15) is 19.2 Å². The second-order valence-electron chi connectivity index (χ2n) is 16.8. The second kappa shape index (κ2) is 17.7. The van der Waals surface area contributed by atoms with Crippen molar-refractivity contribution in [2.75, 3.05) is 40.1 Å². The molecule has 3 aliphatic heterocycles. The molecule has 0 saturated carbocycles. The number of hydrogen-bond acceptors (Lipinski definition) is 9. The maximum atomic E-state index is 14.2.